The van der Waals surface area contributed by atoms with E-state index in [0.717, 1.165) is 128 Å². The van der Waals surface area contributed by atoms with E-state index in [1.54, 1.807) is 0 Å². The molecular formula is C77H124O6. The number of ether oxygens (including phenoxy) is 3. The van der Waals surface area contributed by atoms with Gasteiger partial charge >= 0.3 is 17.9 Å². The molecule has 0 aromatic rings. The van der Waals surface area contributed by atoms with Crippen molar-refractivity contribution in [3.05, 3.63) is 158 Å². The van der Waals surface area contributed by atoms with Gasteiger partial charge in [0.05, 0.1) is 0 Å². The van der Waals surface area contributed by atoms with E-state index in [1.165, 1.54) is 116 Å². The predicted octanol–water partition coefficient (Wildman–Crippen LogP) is 23.7. The van der Waals surface area contributed by atoms with Gasteiger partial charge in [0.1, 0.15) is 13.2 Å². The highest BCUT2D eigenvalue weighted by Crippen LogP contribution is 2.16. The van der Waals surface area contributed by atoms with Crippen molar-refractivity contribution >= 4 is 17.9 Å². The summed E-state index contributed by atoms with van der Waals surface area (Å²) in [7, 11) is 0. The van der Waals surface area contributed by atoms with Gasteiger partial charge in [-0.1, -0.05) is 294 Å². The molecule has 1 unspecified atom stereocenters. The summed E-state index contributed by atoms with van der Waals surface area (Å²) in [5.74, 6) is -1.01. The maximum absolute atomic E-state index is 12.9. The van der Waals surface area contributed by atoms with Crippen LogP contribution in [0.25, 0.3) is 0 Å². The molecule has 0 aliphatic heterocycles. The fourth-order valence-electron chi connectivity index (χ4n) is 9.00. The van der Waals surface area contributed by atoms with Gasteiger partial charge in [-0.05, 0) is 135 Å². The fraction of sp³-hybridized carbons (Fsp3) is 0.623. The van der Waals surface area contributed by atoms with Crippen LogP contribution in [0.5, 0.6) is 0 Å². The van der Waals surface area contributed by atoms with Crippen LogP contribution in [-0.2, 0) is 28.6 Å². The first-order chi connectivity index (χ1) is 41.0. The van der Waals surface area contributed by atoms with Crippen LogP contribution < -0.4 is 0 Å². The Morgan fingerprint density at radius 1 is 0.253 bits per heavy atom. The summed E-state index contributed by atoms with van der Waals surface area (Å²) < 4.78 is 16.9. The molecule has 0 spiro atoms. The SMILES string of the molecule is CC/C=C\C/C=C\C/C=C\C/C=C\C/C=C\C/C=C\CCC(=O)OC(COC(=O)CCCCCCCC/C=C\C/C=C\C/C=C\CCCCC)COC(=O)CCCCCCCCCCCCCCCC/C=C\C/C=C\C/C=C\C/C=C\CC. The topological polar surface area (TPSA) is 78.9 Å². The maximum Gasteiger partial charge on any atom is 0.306 e. The van der Waals surface area contributed by atoms with E-state index >= 15 is 0 Å². The Kier molecular flexibility index (Phi) is 65.4. The van der Waals surface area contributed by atoms with Crippen LogP contribution in [0.2, 0.25) is 0 Å². The minimum absolute atomic E-state index is 0.118. The van der Waals surface area contributed by atoms with Gasteiger partial charge in [0.25, 0.3) is 0 Å². The zero-order valence-corrected chi connectivity index (χ0v) is 53.7. The monoisotopic (exact) mass is 1140 g/mol. The molecule has 0 heterocycles. The molecule has 468 valence electrons. The van der Waals surface area contributed by atoms with E-state index in [9.17, 15) is 14.4 Å². The Bertz CT molecular complexity index is 1840. The molecular weight excluding hydrogens is 1020 g/mol. The Balaban J connectivity index is 4.46. The number of rotatable bonds is 60. The summed E-state index contributed by atoms with van der Waals surface area (Å²) in [5, 5.41) is 0. The second-order valence-electron chi connectivity index (χ2n) is 22.0. The predicted molar refractivity (Wildman–Crippen MR) is 362 cm³/mol. The van der Waals surface area contributed by atoms with E-state index in [4.69, 9.17) is 14.2 Å². The number of carbonyl (C=O) groups is 3. The van der Waals surface area contributed by atoms with Crippen LogP contribution in [0.1, 0.15) is 290 Å². The second kappa shape index (κ2) is 69.5. The van der Waals surface area contributed by atoms with Crippen molar-refractivity contribution in [2.24, 2.45) is 0 Å². The molecule has 0 aliphatic rings. The van der Waals surface area contributed by atoms with E-state index in [2.05, 4.69) is 173 Å². The third-order valence-electron chi connectivity index (χ3n) is 14.0. The third kappa shape index (κ3) is 67.7. The second-order valence-corrected chi connectivity index (χ2v) is 22.0. The lowest BCUT2D eigenvalue weighted by atomic mass is 10.0. The fourth-order valence-corrected chi connectivity index (χ4v) is 9.00. The first-order valence-electron chi connectivity index (χ1n) is 34.0. The molecule has 0 saturated heterocycles. The average molecular weight is 1150 g/mol. The standard InChI is InChI=1S/C77H124O6/c1-4-7-10-13-16-19-22-25-28-31-34-35-36-37-38-39-40-41-44-46-49-52-55-58-61-64-67-70-76(79)82-73-74(83-77(80)71-68-65-62-59-56-53-50-47-43-33-30-27-24-21-18-15-12-9-6-3)72-81-75(78)69-66-63-60-57-54-51-48-45-42-32-29-26-23-20-17-14-11-8-5-2/h7,9-10,12,16-21,25-30,34-35,42-43,45,47,53,56,62,65,74H,4-6,8,11,13-15,22-24,31-33,36-41,44,46,48-52,54-55,57-61,63-64,66-73H2,1-3H3/b10-7-,12-9-,19-16-,20-17-,21-18-,28-25-,29-26-,30-27-,35-34-,45-42-,47-43-,56-53-,65-62-. The summed E-state index contributed by atoms with van der Waals surface area (Å²) in [4.78, 5) is 38.4. The maximum atomic E-state index is 12.9. The van der Waals surface area contributed by atoms with Gasteiger partial charge in [-0.25, -0.2) is 0 Å². The van der Waals surface area contributed by atoms with Gasteiger partial charge in [0.2, 0.25) is 0 Å². The van der Waals surface area contributed by atoms with Crippen molar-refractivity contribution < 1.29 is 28.6 Å². The number of allylic oxidation sites excluding steroid dienone is 26. The van der Waals surface area contributed by atoms with Crippen LogP contribution in [0.3, 0.4) is 0 Å². The lowest BCUT2D eigenvalue weighted by Gasteiger charge is -2.18. The van der Waals surface area contributed by atoms with Crippen LogP contribution in [0.4, 0.5) is 0 Å². The average Bonchev–Trinajstić information content (AvgIpc) is 3.50. The molecule has 0 bridgehead atoms. The summed E-state index contributed by atoms with van der Waals surface area (Å²) in [6, 6.07) is 0. The van der Waals surface area contributed by atoms with Gasteiger partial charge in [-0.3, -0.25) is 14.4 Å². The molecule has 0 aliphatic carbocycles. The molecule has 0 aromatic heterocycles. The zero-order valence-electron chi connectivity index (χ0n) is 53.7. The highest BCUT2D eigenvalue weighted by molar-refractivity contribution is 5.71. The summed E-state index contributed by atoms with van der Waals surface area (Å²) in [6.45, 7) is 6.33. The van der Waals surface area contributed by atoms with E-state index in [0.29, 0.717) is 19.3 Å². The van der Waals surface area contributed by atoms with Crippen LogP contribution in [0, 0.1) is 0 Å². The number of esters is 3. The van der Waals surface area contributed by atoms with Gasteiger partial charge in [0.15, 0.2) is 6.10 Å². The molecule has 0 N–H and O–H groups in total. The molecule has 0 rings (SSSR count). The van der Waals surface area contributed by atoms with Crippen LogP contribution >= 0.6 is 0 Å². The lowest BCUT2D eigenvalue weighted by Crippen LogP contribution is -2.30. The molecule has 0 fully saturated rings. The van der Waals surface area contributed by atoms with Crippen molar-refractivity contribution in [1.29, 1.82) is 0 Å². The van der Waals surface area contributed by atoms with Crippen LogP contribution in [-0.4, -0.2) is 37.2 Å². The first-order valence-corrected chi connectivity index (χ1v) is 34.0. The zero-order chi connectivity index (χ0) is 59.9. The van der Waals surface area contributed by atoms with Gasteiger partial charge < -0.3 is 14.2 Å². The van der Waals surface area contributed by atoms with Crippen molar-refractivity contribution in [3.8, 4) is 0 Å². The molecule has 1 atom stereocenters. The quantitative estimate of drug-likeness (QED) is 0.0261. The third-order valence-corrected chi connectivity index (χ3v) is 14.0. The summed E-state index contributed by atoms with van der Waals surface area (Å²) in [5.41, 5.74) is 0. The molecule has 0 aromatic carbocycles. The highest BCUT2D eigenvalue weighted by atomic mass is 16.6. The number of hydrogen-bond acceptors (Lipinski definition) is 6. The van der Waals surface area contributed by atoms with Gasteiger partial charge in [0, 0.05) is 19.3 Å². The first kappa shape index (κ1) is 78.0. The van der Waals surface area contributed by atoms with Crippen molar-refractivity contribution in [2.75, 3.05) is 13.2 Å². The Labute approximate surface area is 511 Å². The normalized spacial score (nSPS) is 13.1. The Hall–Kier alpha value is -4.97. The summed E-state index contributed by atoms with van der Waals surface area (Å²) >= 11 is 0. The minimum Gasteiger partial charge on any atom is -0.462 e. The van der Waals surface area contributed by atoms with Crippen molar-refractivity contribution in [2.45, 2.75) is 297 Å². The highest BCUT2D eigenvalue weighted by Gasteiger charge is 2.19. The smallest absolute Gasteiger partial charge is 0.306 e. The van der Waals surface area contributed by atoms with Gasteiger partial charge in [-0.2, -0.15) is 0 Å². The van der Waals surface area contributed by atoms with Crippen LogP contribution in [0.15, 0.2) is 158 Å². The van der Waals surface area contributed by atoms with Crippen molar-refractivity contribution in [3.63, 3.8) is 0 Å². The molecule has 0 amide bonds. The molecule has 6 heteroatoms. The number of hydrogen-bond donors (Lipinski definition) is 0. The molecule has 6 nitrogen and oxygen atoms in total. The largest absolute Gasteiger partial charge is 0.462 e. The molecule has 0 saturated carbocycles. The van der Waals surface area contributed by atoms with E-state index in [-0.39, 0.29) is 31.6 Å². The number of unbranched alkanes of at least 4 members (excludes halogenated alkanes) is 23. The van der Waals surface area contributed by atoms with Crippen molar-refractivity contribution in [1.82, 2.24) is 0 Å². The lowest BCUT2D eigenvalue weighted by molar-refractivity contribution is -0.166. The summed E-state index contributed by atoms with van der Waals surface area (Å²) in [6.07, 6.45) is 101. The molecule has 0 radical (unpaired) electrons. The number of carbonyl (C=O) groups excluding carboxylic acids is 3. The van der Waals surface area contributed by atoms with Gasteiger partial charge in [-0.15, -0.1) is 0 Å². The molecule has 83 heavy (non-hydrogen) atoms. The minimum atomic E-state index is -0.833. The Morgan fingerprint density at radius 3 is 0.783 bits per heavy atom. The van der Waals surface area contributed by atoms with E-state index in [1.807, 2.05) is 6.08 Å². The Morgan fingerprint density at radius 2 is 0.494 bits per heavy atom. The van der Waals surface area contributed by atoms with E-state index < -0.39 is 12.1 Å².